The van der Waals surface area contributed by atoms with Gasteiger partial charge in [-0.3, -0.25) is 24.0 Å². The highest BCUT2D eigenvalue weighted by atomic mass is 16.2. The topological polar surface area (TPSA) is 123 Å². The second kappa shape index (κ2) is 7.68. The smallest absolute Gasteiger partial charge is 0.245 e. The minimum absolute atomic E-state index is 0.00789. The number of rotatable bonds is 5. The van der Waals surface area contributed by atoms with Crippen LogP contribution in [0.25, 0.3) is 22.2 Å². The zero-order chi connectivity index (χ0) is 24.4. The molecule has 10 nitrogen and oxygen atoms in total. The van der Waals surface area contributed by atoms with Crippen LogP contribution in [0, 0.1) is 19.3 Å². The monoisotopic (exact) mass is 461 g/mol. The van der Waals surface area contributed by atoms with Crippen molar-refractivity contribution in [3.8, 4) is 11.3 Å². The van der Waals surface area contributed by atoms with E-state index in [4.69, 9.17) is 0 Å². The molecule has 3 atom stereocenters. The van der Waals surface area contributed by atoms with Gasteiger partial charge >= 0.3 is 0 Å². The molecule has 1 aliphatic heterocycles. The number of aromatic nitrogens is 5. The van der Waals surface area contributed by atoms with Crippen molar-refractivity contribution in [3.05, 3.63) is 35.7 Å². The molecule has 3 aromatic heterocycles. The molecule has 34 heavy (non-hydrogen) atoms. The number of carbonyl (C=O) groups is 3. The van der Waals surface area contributed by atoms with E-state index in [-0.39, 0.29) is 41.3 Å². The van der Waals surface area contributed by atoms with Crippen LogP contribution in [0.5, 0.6) is 0 Å². The first-order valence-electron chi connectivity index (χ1n) is 11.3. The number of pyridine rings is 1. The van der Waals surface area contributed by atoms with E-state index in [2.05, 4.69) is 32.3 Å². The van der Waals surface area contributed by atoms with Crippen molar-refractivity contribution >= 4 is 28.5 Å². The number of likely N-dealkylation sites (N-methyl/N-ethyl adjacent to an activating group) is 1. The number of amides is 2. The number of carbonyl (C=O) groups excluding carboxylic acids is 3. The van der Waals surface area contributed by atoms with E-state index in [1.165, 1.54) is 6.92 Å². The zero-order valence-electron chi connectivity index (χ0n) is 19.9. The van der Waals surface area contributed by atoms with Gasteiger partial charge in [-0.05, 0) is 38.2 Å². The molecule has 0 spiro atoms. The van der Waals surface area contributed by atoms with Crippen molar-refractivity contribution in [1.29, 1.82) is 0 Å². The molecule has 2 aliphatic rings. The second-order valence-electron chi connectivity index (χ2n) is 9.58. The molecule has 5 rings (SSSR count). The van der Waals surface area contributed by atoms with E-state index >= 15 is 0 Å². The van der Waals surface area contributed by atoms with Crippen molar-refractivity contribution < 1.29 is 14.4 Å². The summed E-state index contributed by atoms with van der Waals surface area (Å²) in [5, 5.41) is 7.81. The van der Waals surface area contributed by atoms with Crippen molar-refractivity contribution in [2.45, 2.75) is 59.2 Å². The first kappa shape index (κ1) is 22.1. The Morgan fingerprint density at radius 1 is 1.18 bits per heavy atom. The van der Waals surface area contributed by atoms with Crippen LogP contribution in [0.1, 0.15) is 48.7 Å². The summed E-state index contributed by atoms with van der Waals surface area (Å²) in [6.45, 7) is 7.13. The summed E-state index contributed by atoms with van der Waals surface area (Å²) in [5.74, 6) is 0.113. The molecule has 0 radical (unpaired) electrons. The Morgan fingerprint density at radius 3 is 2.53 bits per heavy atom. The number of nitrogens with one attached hydrogen (secondary N) is 1. The predicted molar refractivity (Wildman–Crippen MR) is 124 cm³/mol. The molecule has 176 valence electrons. The molecular formula is C24H27N7O3. The van der Waals surface area contributed by atoms with Crippen LogP contribution in [0.15, 0.2) is 18.5 Å². The summed E-state index contributed by atoms with van der Waals surface area (Å²) in [5.41, 5.74) is 2.90. The average Bonchev–Trinajstić information content (AvgIpc) is 3.15. The summed E-state index contributed by atoms with van der Waals surface area (Å²) >= 11 is 0. The van der Waals surface area contributed by atoms with Gasteiger partial charge in [0, 0.05) is 43.4 Å². The number of hydrogen-bond acceptors (Lipinski definition) is 7. The summed E-state index contributed by atoms with van der Waals surface area (Å²) in [6, 6.07) is 1.37. The first-order chi connectivity index (χ1) is 16.1. The van der Waals surface area contributed by atoms with E-state index in [1.54, 1.807) is 42.0 Å². The second-order valence-corrected chi connectivity index (χ2v) is 9.58. The van der Waals surface area contributed by atoms with E-state index in [0.717, 1.165) is 12.0 Å². The number of fused-ring (bicyclic) bond motifs is 2. The zero-order valence-corrected chi connectivity index (χ0v) is 19.9. The summed E-state index contributed by atoms with van der Waals surface area (Å²) in [4.78, 5) is 53.2. The Morgan fingerprint density at radius 2 is 1.88 bits per heavy atom. The number of ketones is 1. The lowest BCUT2D eigenvalue weighted by atomic mass is 10.0. The van der Waals surface area contributed by atoms with Crippen LogP contribution in [-0.2, 0) is 16.1 Å². The van der Waals surface area contributed by atoms with Crippen LogP contribution in [0.4, 0.5) is 0 Å². The molecule has 0 bridgehead atoms. The third kappa shape index (κ3) is 3.44. The highest BCUT2D eigenvalue weighted by Crippen LogP contribution is 2.59. The Kier molecular flexibility index (Phi) is 5.00. The number of hydrogen-bond donors (Lipinski definition) is 1. The van der Waals surface area contributed by atoms with E-state index in [9.17, 15) is 14.4 Å². The maximum Gasteiger partial charge on any atom is 0.245 e. The number of nitrogens with zero attached hydrogens (tertiary/aromatic N) is 6. The van der Waals surface area contributed by atoms with Crippen LogP contribution >= 0.6 is 0 Å². The first-order valence-corrected chi connectivity index (χ1v) is 11.3. The fourth-order valence-electron chi connectivity index (χ4n) is 5.18. The minimum Gasteiger partial charge on any atom is -0.357 e. The third-order valence-electron chi connectivity index (χ3n) is 7.07. The summed E-state index contributed by atoms with van der Waals surface area (Å²) in [6.07, 6.45) is 4.93. The van der Waals surface area contributed by atoms with Gasteiger partial charge in [-0.1, -0.05) is 6.92 Å². The van der Waals surface area contributed by atoms with Crippen molar-refractivity contribution in [2.75, 3.05) is 7.05 Å². The van der Waals surface area contributed by atoms with Gasteiger partial charge in [0.15, 0.2) is 5.78 Å². The number of likely N-dealkylation sites (tertiary alicyclic amines) is 1. The number of aryl methyl sites for hydroxylation is 2. The third-order valence-corrected chi connectivity index (χ3v) is 7.07. The van der Waals surface area contributed by atoms with E-state index in [0.29, 0.717) is 34.5 Å². The van der Waals surface area contributed by atoms with Gasteiger partial charge in [0.25, 0.3) is 0 Å². The Bertz CT molecular complexity index is 1350. The largest absolute Gasteiger partial charge is 0.357 e. The Hall–Kier alpha value is -3.69. The van der Waals surface area contributed by atoms with Crippen LogP contribution in [0.2, 0.25) is 0 Å². The van der Waals surface area contributed by atoms with Crippen LogP contribution in [0.3, 0.4) is 0 Å². The van der Waals surface area contributed by atoms with Crippen LogP contribution < -0.4 is 5.32 Å². The normalized spacial score (nSPS) is 23.1. The predicted octanol–water partition coefficient (Wildman–Crippen LogP) is 1.83. The fraction of sp³-hybridized carbons (Fsp3) is 0.458. The molecule has 2 amide bonds. The molecule has 0 unspecified atom stereocenters. The SMILES string of the molecule is CNC(=O)[C@@H]1C[C@@]2(C)C[C@H]2N1C(=O)Cn1nc(C(C)=O)c2cc(-c3cnc(C)nc3)nc(C)c21. The van der Waals surface area contributed by atoms with Crippen molar-refractivity contribution in [2.24, 2.45) is 5.41 Å². The van der Waals surface area contributed by atoms with Crippen LogP contribution in [-0.4, -0.2) is 66.4 Å². The molecule has 1 N–H and O–H groups in total. The standard InChI is InChI=1S/C24H27N7O3/c1-12-22-16(6-17(28-12)15-9-26-14(3)27-10-15)21(13(2)32)29-30(22)11-20(33)31-18(23(34)25-5)7-24(4)8-19(24)31/h6,9-10,18-19H,7-8,11H2,1-5H3,(H,25,34)/t18-,19+,24-/m0/s1. The van der Waals surface area contributed by atoms with Crippen molar-refractivity contribution in [3.63, 3.8) is 0 Å². The van der Waals surface area contributed by atoms with Crippen molar-refractivity contribution in [1.82, 2.24) is 34.9 Å². The van der Waals surface area contributed by atoms with Gasteiger partial charge in [-0.2, -0.15) is 5.10 Å². The minimum atomic E-state index is -0.484. The molecular weight excluding hydrogens is 434 g/mol. The van der Waals surface area contributed by atoms with Gasteiger partial charge in [0.2, 0.25) is 11.8 Å². The lowest BCUT2D eigenvalue weighted by molar-refractivity contribution is -0.140. The lowest BCUT2D eigenvalue weighted by Gasteiger charge is -2.26. The molecule has 4 heterocycles. The van der Waals surface area contributed by atoms with Gasteiger partial charge in [-0.25, -0.2) is 9.97 Å². The van der Waals surface area contributed by atoms with Gasteiger partial charge in [0.05, 0.1) is 16.9 Å². The molecule has 3 aromatic rings. The van der Waals surface area contributed by atoms with E-state index < -0.39 is 6.04 Å². The number of piperidine rings is 1. The number of Topliss-reactive ketones (excluding diaryl/α,β-unsaturated/α-hetero) is 1. The molecule has 2 fully saturated rings. The molecule has 0 aromatic carbocycles. The van der Waals surface area contributed by atoms with Gasteiger partial charge in [0.1, 0.15) is 24.1 Å². The summed E-state index contributed by atoms with van der Waals surface area (Å²) in [7, 11) is 1.59. The lowest BCUT2D eigenvalue weighted by Crippen LogP contribution is -2.48. The molecule has 10 heteroatoms. The molecule has 1 aliphatic carbocycles. The highest BCUT2D eigenvalue weighted by Gasteiger charge is 2.64. The van der Waals surface area contributed by atoms with Gasteiger partial charge < -0.3 is 10.2 Å². The quantitative estimate of drug-likeness (QED) is 0.575. The fourth-order valence-corrected chi connectivity index (χ4v) is 5.18. The Labute approximate surface area is 196 Å². The highest BCUT2D eigenvalue weighted by molar-refractivity contribution is 6.06. The Balaban J connectivity index is 1.54. The van der Waals surface area contributed by atoms with Gasteiger partial charge in [-0.15, -0.1) is 0 Å². The summed E-state index contributed by atoms with van der Waals surface area (Å²) < 4.78 is 1.55. The average molecular weight is 462 g/mol. The molecule has 1 saturated carbocycles. The molecule has 1 saturated heterocycles. The maximum atomic E-state index is 13.4. The maximum absolute atomic E-state index is 13.4. The van der Waals surface area contributed by atoms with E-state index in [1.807, 2.05) is 6.92 Å².